The number of fused-ring (bicyclic) bond motifs is 1. The summed E-state index contributed by atoms with van der Waals surface area (Å²) in [4.78, 5) is 27.2. The second kappa shape index (κ2) is 18.2. The van der Waals surface area contributed by atoms with Gasteiger partial charge in [0.1, 0.15) is 0 Å². The van der Waals surface area contributed by atoms with Crippen molar-refractivity contribution >= 4 is 23.2 Å². The number of carbonyl (C=O) groups excluding carboxylic acids is 2. The van der Waals surface area contributed by atoms with Gasteiger partial charge in [0.2, 0.25) is 11.8 Å². The number of nitrogen functional groups attached to an aromatic ring is 1. The van der Waals surface area contributed by atoms with Gasteiger partial charge in [-0.15, -0.1) is 0 Å². The number of aliphatic hydroxyl groups excluding tert-OH is 1. The first-order valence-electron chi connectivity index (χ1n) is 18.3. The Balaban J connectivity index is 1.03. The van der Waals surface area contributed by atoms with Crippen LogP contribution >= 0.6 is 0 Å². The molecule has 2 amide bonds. The quantitative estimate of drug-likeness (QED) is 0.0833. The summed E-state index contributed by atoms with van der Waals surface area (Å²) in [5.74, 6) is 1.31. The SMILES string of the molecule is COc1cc2c(cc1OC)CN(CC1CC(c3ccc(CO)cc3)OC(c3ccc(CNC(=O)CCCCC(=O)Nc4ccccc4N)cc3)O1)CC2. The number of nitrogens with one attached hydrogen (secondary N) is 2. The number of aliphatic hydroxyl groups is 1. The molecule has 280 valence electrons. The third-order valence-corrected chi connectivity index (χ3v) is 9.91. The predicted molar refractivity (Wildman–Crippen MR) is 203 cm³/mol. The number of hydrogen-bond acceptors (Lipinski definition) is 9. The van der Waals surface area contributed by atoms with E-state index in [1.165, 1.54) is 11.1 Å². The fourth-order valence-electron chi connectivity index (χ4n) is 6.89. The van der Waals surface area contributed by atoms with E-state index >= 15 is 0 Å². The maximum absolute atomic E-state index is 12.6. The maximum atomic E-state index is 12.6. The van der Waals surface area contributed by atoms with Gasteiger partial charge in [0, 0.05) is 51.0 Å². The number of benzene rings is 4. The number of rotatable bonds is 15. The minimum Gasteiger partial charge on any atom is -0.493 e. The van der Waals surface area contributed by atoms with Crippen LogP contribution in [0.2, 0.25) is 0 Å². The molecule has 1 saturated heterocycles. The number of anilines is 2. The van der Waals surface area contributed by atoms with Crippen LogP contribution in [0.5, 0.6) is 11.5 Å². The van der Waals surface area contributed by atoms with Crippen molar-refractivity contribution < 1.29 is 33.6 Å². The lowest BCUT2D eigenvalue weighted by molar-refractivity contribution is -0.253. The highest BCUT2D eigenvalue weighted by Gasteiger charge is 2.34. The standard InChI is InChI=1S/C42H50N4O7/c1-50-38-21-32-19-20-46(25-33(32)22-39(38)51-2)26-34-23-37(30-15-13-29(27-47)14-16-30)53-42(52-34)31-17-11-28(12-18-31)24-44-40(48)9-5-6-10-41(49)45-36-8-4-3-7-35(36)43/h3-4,7-8,11-18,21-22,34,37,42,47H,5-6,9-10,19-20,23-27,43H2,1-2H3,(H,44,48)(H,45,49). The molecular formula is C42H50N4O7. The van der Waals surface area contributed by atoms with Gasteiger partial charge in [-0.25, -0.2) is 0 Å². The van der Waals surface area contributed by atoms with Crippen molar-refractivity contribution in [3.63, 3.8) is 0 Å². The lowest BCUT2D eigenvalue weighted by Gasteiger charge is -2.39. The molecule has 0 radical (unpaired) electrons. The Labute approximate surface area is 311 Å². The normalized spacial score (nSPS) is 18.5. The monoisotopic (exact) mass is 722 g/mol. The van der Waals surface area contributed by atoms with Gasteiger partial charge >= 0.3 is 0 Å². The molecule has 4 aromatic rings. The molecule has 3 atom stereocenters. The van der Waals surface area contributed by atoms with Crippen molar-refractivity contribution in [1.82, 2.24) is 10.2 Å². The molecule has 11 nitrogen and oxygen atoms in total. The molecule has 3 unspecified atom stereocenters. The first kappa shape index (κ1) is 37.8. The molecule has 0 aliphatic carbocycles. The Morgan fingerprint density at radius 3 is 2.21 bits per heavy atom. The number of nitrogens with two attached hydrogens (primary N) is 1. The second-order valence-corrected chi connectivity index (χ2v) is 13.7. The van der Waals surface area contributed by atoms with Crippen molar-refractivity contribution in [2.75, 3.05) is 38.4 Å². The largest absolute Gasteiger partial charge is 0.493 e. The summed E-state index contributed by atoms with van der Waals surface area (Å²) in [6, 6.07) is 27.2. The molecule has 6 rings (SSSR count). The molecule has 2 aliphatic rings. The smallest absolute Gasteiger partial charge is 0.224 e. The number of carbonyl (C=O) groups is 2. The number of methoxy groups -OCH3 is 2. The van der Waals surface area contributed by atoms with Crippen LogP contribution in [0.4, 0.5) is 11.4 Å². The molecule has 0 aromatic heterocycles. The zero-order valence-electron chi connectivity index (χ0n) is 30.5. The van der Waals surface area contributed by atoms with E-state index in [0.29, 0.717) is 50.0 Å². The average molecular weight is 723 g/mol. The lowest BCUT2D eigenvalue weighted by Crippen LogP contribution is -2.41. The Kier molecular flexibility index (Phi) is 13.0. The van der Waals surface area contributed by atoms with Crippen molar-refractivity contribution in [1.29, 1.82) is 0 Å². The van der Waals surface area contributed by atoms with Crippen LogP contribution < -0.4 is 25.8 Å². The van der Waals surface area contributed by atoms with Gasteiger partial charge < -0.3 is 40.4 Å². The van der Waals surface area contributed by atoms with E-state index in [1.807, 2.05) is 60.7 Å². The van der Waals surface area contributed by atoms with E-state index in [1.54, 1.807) is 26.4 Å². The topological polar surface area (TPSA) is 145 Å². The summed E-state index contributed by atoms with van der Waals surface area (Å²) in [6.45, 7) is 2.83. The second-order valence-electron chi connectivity index (χ2n) is 13.7. The molecular weight excluding hydrogens is 672 g/mol. The third kappa shape index (κ3) is 10.1. The molecule has 1 fully saturated rings. The zero-order chi connectivity index (χ0) is 37.2. The minimum absolute atomic E-state index is 0.00969. The molecule has 53 heavy (non-hydrogen) atoms. The fourth-order valence-corrected chi connectivity index (χ4v) is 6.89. The van der Waals surface area contributed by atoms with E-state index in [4.69, 9.17) is 24.7 Å². The van der Waals surface area contributed by atoms with Crippen molar-refractivity contribution in [3.8, 4) is 11.5 Å². The number of para-hydroxylation sites is 2. The van der Waals surface area contributed by atoms with Crippen LogP contribution in [-0.2, 0) is 45.2 Å². The maximum Gasteiger partial charge on any atom is 0.224 e. The van der Waals surface area contributed by atoms with Gasteiger partial charge in [-0.05, 0) is 71.3 Å². The summed E-state index contributed by atoms with van der Waals surface area (Å²) >= 11 is 0. The Bertz CT molecular complexity index is 1830. The first-order chi connectivity index (χ1) is 25.8. The van der Waals surface area contributed by atoms with Crippen molar-refractivity contribution in [2.24, 2.45) is 0 Å². The van der Waals surface area contributed by atoms with Crippen LogP contribution in [0.1, 0.15) is 77.9 Å². The van der Waals surface area contributed by atoms with Gasteiger partial charge in [0.05, 0.1) is 44.4 Å². The summed E-state index contributed by atoms with van der Waals surface area (Å²) < 4.78 is 24.3. The Hall–Kier alpha value is -4.94. The fraction of sp³-hybridized carbons (Fsp3) is 0.381. The number of amides is 2. The Morgan fingerprint density at radius 1 is 0.849 bits per heavy atom. The predicted octanol–water partition coefficient (Wildman–Crippen LogP) is 6.20. The number of ether oxygens (including phenoxy) is 4. The van der Waals surface area contributed by atoms with Crippen LogP contribution in [0.3, 0.4) is 0 Å². The number of hydrogen-bond donors (Lipinski definition) is 4. The molecule has 4 aromatic carbocycles. The van der Waals surface area contributed by atoms with Crippen molar-refractivity contribution in [3.05, 3.63) is 118 Å². The molecule has 2 heterocycles. The van der Waals surface area contributed by atoms with Gasteiger partial charge in [0.25, 0.3) is 0 Å². The molecule has 0 spiro atoms. The third-order valence-electron chi connectivity index (χ3n) is 9.91. The highest BCUT2D eigenvalue weighted by Crippen LogP contribution is 2.39. The van der Waals surface area contributed by atoms with Gasteiger partial charge in [-0.1, -0.05) is 60.7 Å². The van der Waals surface area contributed by atoms with Crippen LogP contribution in [0.25, 0.3) is 0 Å². The van der Waals surface area contributed by atoms with Crippen LogP contribution in [0, 0.1) is 0 Å². The minimum atomic E-state index is -0.572. The Morgan fingerprint density at radius 2 is 1.51 bits per heavy atom. The van der Waals surface area contributed by atoms with Crippen LogP contribution in [0.15, 0.2) is 84.9 Å². The summed E-state index contributed by atoms with van der Waals surface area (Å²) in [5.41, 5.74) is 13.3. The van der Waals surface area contributed by atoms with E-state index in [9.17, 15) is 14.7 Å². The van der Waals surface area contributed by atoms with Crippen LogP contribution in [-0.4, -0.2) is 55.2 Å². The zero-order valence-corrected chi connectivity index (χ0v) is 30.5. The molecule has 5 N–H and O–H groups in total. The average Bonchev–Trinajstić information content (AvgIpc) is 3.19. The van der Waals surface area contributed by atoms with E-state index in [2.05, 4.69) is 27.7 Å². The van der Waals surface area contributed by atoms with E-state index in [-0.39, 0.29) is 30.6 Å². The molecule has 0 saturated carbocycles. The molecule has 11 heteroatoms. The number of unbranched alkanes of at least 4 members (excludes halogenated alkanes) is 1. The van der Waals surface area contributed by atoms with E-state index in [0.717, 1.165) is 59.8 Å². The highest BCUT2D eigenvalue weighted by atomic mass is 16.7. The molecule has 2 aliphatic heterocycles. The number of nitrogens with zero attached hydrogens (tertiary/aromatic N) is 1. The van der Waals surface area contributed by atoms with Crippen molar-refractivity contribution in [2.45, 2.75) is 76.7 Å². The van der Waals surface area contributed by atoms with Gasteiger partial charge in [0.15, 0.2) is 17.8 Å². The van der Waals surface area contributed by atoms with Gasteiger partial charge in [-0.3, -0.25) is 14.5 Å². The van der Waals surface area contributed by atoms with Gasteiger partial charge in [-0.2, -0.15) is 0 Å². The summed E-state index contributed by atoms with van der Waals surface area (Å²) in [5, 5.41) is 15.4. The summed E-state index contributed by atoms with van der Waals surface area (Å²) in [6.07, 6.45) is 2.64. The first-order valence-corrected chi connectivity index (χ1v) is 18.3. The van der Waals surface area contributed by atoms with E-state index < -0.39 is 6.29 Å². The molecule has 0 bridgehead atoms. The highest BCUT2D eigenvalue weighted by molar-refractivity contribution is 5.93. The lowest BCUT2D eigenvalue weighted by atomic mass is 9.97. The summed E-state index contributed by atoms with van der Waals surface area (Å²) in [7, 11) is 3.33.